The number of thioether (sulfide) groups is 1. The van der Waals surface area contributed by atoms with Gasteiger partial charge in [0.15, 0.2) is 0 Å². The summed E-state index contributed by atoms with van der Waals surface area (Å²) >= 11 is 7.48. The second kappa shape index (κ2) is 7.89. The minimum atomic E-state index is -0.128. The smallest absolute Gasteiger partial charge is 0.237 e. The van der Waals surface area contributed by atoms with Crippen molar-refractivity contribution in [3.63, 3.8) is 0 Å². The Bertz CT molecular complexity index is 674. The number of carbonyl (C=O) groups is 1. The van der Waals surface area contributed by atoms with E-state index in [4.69, 9.17) is 11.6 Å². The van der Waals surface area contributed by atoms with Crippen LogP contribution in [0.5, 0.6) is 0 Å². The molecule has 23 heavy (non-hydrogen) atoms. The fourth-order valence-electron chi connectivity index (χ4n) is 2.58. The molecule has 0 fully saturated rings. The van der Waals surface area contributed by atoms with Gasteiger partial charge in [0.05, 0.1) is 5.25 Å². The van der Waals surface area contributed by atoms with Crippen LogP contribution in [-0.4, -0.2) is 11.2 Å². The summed E-state index contributed by atoms with van der Waals surface area (Å²) in [4.78, 5) is 13.7. The normalized spacial score (nSPS) is 12.0. The van der Waals surface area contributed by atoms with Crippen LogP contribution in [0.4, 0.5) is 5.69 Å². The number of rotatable bonds is 5. The summed E-state index contributed by atoms with van der Waals surface area (Å²) in [6.07, 6.45) is 0.767. The molecule has 4 heteroatoms. The summed E-state index contributed by atoms with van der Waals surface area (Å²) in [5.41, 5.74) is 4.33. The van der Waals surface area contributed by atoms with Gasteiger partial charge in [-0.3, -0.25) is 4.79 Å². The molecule has 0 saturated carbocycles. The Morgan fingerprint density at radius 1 is 1.13 bits per heavy atom. The number of halogens is 1. The quantitative estimate of drug-likeness (QED) is 0.695. The third kappa shape index (κ3) is 4.76. The van der Waals surface area contributed by atoms with E-state index in [2.05, 4.69) is 24.4 Å². The standard InChI is InChI=1S/C19H22ClNOS/c1-5-17(23-16-8-6-15(20)7-9-16)19(22)21-18-13(3)10-12(2)11-14(18)4/h6-11,17H,5H2,1-4H3,(H,21,22)/t17-/m1/s1. The van der Waals surface area contributed by atoms with E-state index in [0.717, 1.165) is 28.1 Å². The molecule has 1 amide bonds. The fraction of sp³-hybridized carbons (Fsp3) is 0.316. The van der Waals surface area contributed by atoms with E-state index < -0.39 is 0 Å². The maximum atomic E-state index is 12.6. The molecule has 0 unspecified atom stereocenters. The molecule has 0 saturated heterocycles. The summed E-state index contributed by atoms with van der Waals surface area (Å²) in [7, 11) is 0. The average molecular weight is 348 g/mol. The van der Waals surface area contributed by atoms with Crippen molar-refractivity contribution in [2.45, 2.75) is 44.3 Å². The number of anilines is 1. The van der Waals surface area contributed by atoms with Gasteiger partial charge in [0.1, 0.15) is 0 Å². The molecule has 0 aliphatic carbocycles. The van der Waals surface area contributed by atoms with Crippen molar-refractivity contribution in [2.24, 2.45) is 0 Å². The number of benzene rings is 2. The maximum absolute atomic E-state index is 12.6. The molecule has 0 heterocycles. The van der Waals surface area contributed by atoms with Crippen LogP contribution in [-0.2, 0) is 4.79 Å². The van der Waals surface area contributed by atoms with E-state index in [9.17, 15) is 4.79 Å². The highest BCUT2D eigenvalue weighted by molar-refractivity contribution is 8.00. The Balaban J connectivity index is 2.13. The van der Waals surface area contributed by atoms with Crippen LogP contribution in [0.15, 0.2) is 41.3 Å². The van der Waals surface area contributed by atoms with Crippen LogP contribution in [0, 0.1) is 20.8 Å². The topological polar surface area (TPSA) is 29.1 Å². The van der Waals surface area contributed by atoms with Crippen LogP contribution < -0.4 is 5.32 Å². The molecule has 2 nitrogen and oxygen atoms in total. The second-order valence-electron chi connectivity index (χ2n) is 5.73. The van der Waals surface area contributed by atoms with Crippen molar-refractivity contribution in [3.8, 4) is 0 Å². The molecule has 0 aliphatic heterocycles. The number of carbonyl (C=O) groups excluding carboxylic acids is 1. The van der Waals surface area contributed by atoms with Crippen molar-refractivity contribution in [3.05, 3.63) is 58.1 Å². The molecule has 0 bridgehead atoms. The van der Waals surface area contributed by atoms with Crippen LogP contribution in [0.3, 0.4) is 0 Å². The Labute approximate surface area is 147 Å². The zero-order chi connectivity index (χ0) is 17.0. The van der Waals surface area contributed by atoms with Crippen molar-refractivity contribution < 1.29 is 4.79 Å². The van der Waals surface area contributed by atoms with Crippen molar-refractivity contribution in [1.29, 1.82) is 0 Å². The molecule has 0 spiro atoms. The molecule has 2 aromatic rings. The molecule has 0 aliphatic rings. The zero-order valence-electron chi connectivity index (χ0n) is 13.9. The highest BCUT2D eigenvalue weighted by Crippen LogP contribution is 2.29. The SMILES string of the molecule is CC[C@@H](Sc1ccc(Cl)cc1)C(=O)Nc1c(C)cc(C)cc1C. The van der Waals surface area contributed by atoms with Gasteiger partial charge >= 0.3 is 0 Å². The Kier molecular flexibility index (Phi) is 6.14. The van der Waals surface area contributed by atoms with E-state index in [1.54, 1.807) is 11.8 Å². The summed E-state index contributed by atoms with van der Waals surface area (Å²) in [5.74, 6) is 0.0440. The minimum absolute atomic E-state index is 0.0440. The van der Waals surface area contributed by atoms with Gasteiger partial charge in [-0.2, -0.15) is 0 Å². The Morgan fingerprint density at radius 3 is 2.22 bits per heavy atom. The number of amides is 1. The van der Waals surface area contributed by atoms with Gasteiger partial charge in [-0.15, -0.1) is 11.8 Å². The van der Waals surface area contributed by atoms with Crippen LogP contribution >= 0.6 is 23.4 Å². The molecule has 0 radical (unpaired) electrons. The Morgan fingerprint density at radius 2 is 1.70 bits per heavy atom. The van der Waals surface area contributed by atoms with Gasteiger partial charge in [-0.05, 0) is 62.6 Å². The summed E-state index contributed by atoms with van der Waals surface area (Å²) in [6.45, 7) is 8.16. The molecule has 1 N–H and O–H groups in total. The first-order valence-corrected chi connectivity index (χ1v) is 8.97. The van der Waals surface area contributed by atoms with Gasteiger partial charge in [0.2, 0.25) is 5.91 Å². The lowest BCUT2D eigenvalue weighted by molar-refractivity contribution is -0.115. The molecule has 1 atom stereocenters. The Hall–Kier alpha value is -1.45. The third-order valence-corrected chi connectivity index (χ3v) is 5.31. The van der Waals surface area contributed by atoms with Crippen LogP contribution in [0.1, 0.15) is 30.0 Å². The van der Waals surface area contributed by atoms with E-state index in [-0.39, 0.29) is 11.2 Å². The average Bonchev–Trinajstić information content (AvgIpc) is 2.50. The fourth-order valence-corrected chi connectivity index (χ4v) is 3.66. The maximum Gasteiger partial charge on any atom is 0.237 e. The number of hydrogen-bond acceptors (Lipinski definition) is 2. The molecule has 122 valence electrons. The molecule has 2 rings (SSSR count). The summed E-state index contributed by atoms with van der Waals surface area (Å²) in [5, 5.41) is 3.68. The lowest BCUT2D eigenvalue weighted by Gasteiger charge is -2.18. The third-order valence-electron chi connectivity index (χ3n) is 3.68. The van der Waals surface area contributed by atoms with E-state index in [0.29, 0.717) is 5.02 Å². The lowest BCUT2D eigenvalue weighted by atomic mass is 10.0. The van der Waals surface area contributed by atoms with Crippen molar-refractivity contribution >= 4 is 35.0 Å². The summed E-state index contributed by atoms with van der Waals surface area (Å²) < 4.78 is 0. The molecular formula is C19H22ClNOS. The number of aryl methyl sites for hydroxylation is 3. The number of hydrogen-bond donors (Lipinski definition) is 1. The monoisotopic (exact) mass is 347 g/mol. The van der Waals surface area contributed by atoms with E-state index in [1.165, 1.54) is 5.56 Å². The van der Waals surface area contributed by atoms with Crippen molar-refractivity contribution in [2.75, 3.05) is 5.32 Å². The van der Waals surface area contributed by atoms with Crippen LogP contribution in [0.2, 0.25) is 5.02 Å². The first-order valence-electron chi connectivity index (χ1n) is 7.71. The largest absolute Gasteiger partial charge is 0.325 e. The first-order chi connectivity index (χ1) is 10.9. The second-order valence-corrected chi connectivity index (χ2v) is 7.44. The predicted molar refractivity (Wildman–Crippen MR) is 101 cm³/mol. The summed E-state index contributed by atoms with van der Waals surface area (Å²) in [6, 6.07) is 11.8. The van der Waals surface area contributed by atoms with Gasteiger partial charge in [-0.25, -0.2) is 0 Å². The van der Waals surface area contributed by atoms with E-state index >= 15 is 0 Å². The number of nitrogens with one attached hydrogen (secondary N) is 1. The van der Waals surface area contributed by atoms with Gasteiger partial charge < -0.3 is 5.32 Å². The zero-order valence-corrected chi connectivity index (χ0v) is 15.5. The molecule has 2 aromatic carbocycles. The molecular weight excluding hydrogens is 326 g/mol. The predicted octanol–water partition coefficient (Wildman–Crippen LogP) is 5.77. The van der Waals surface area contributed by atoms with Gasteiger partial charge in [-0.1, -0.05) is 36.2 Å². The highest BCUT2D eigenvalue weighted by Gasteiger charge is 2.19. The van der Waals surface area contributed by atoms with Crippen LogP contribution in [0.25, 0.3) is 0 Å². The van der Waals surface area contributed by atoms with Gasteiger partial charge in [0, 0.05) is 15.6 Å². The molecule has 0 aromatic heterocycles. The first kappa shape index (κ1) is 17.9. The van der Waals surface area contributed by atoms with Crippen molar-refractivity contribution in [1.82, 2.24) is 0 Å². The lowest BCUT2D eigenvalue weighted by Crippen LogP contribution is -2.25. The van der Waals surface area contributed by atoms with E-state index in [1.807, 2.05) is 45.0 Å². The van der Waals surface area contributed by atoms with Gasteiger partial charge in [0.25, 0.3) is 0 Å². The minimum Gasteiger partial charge on any atom is -0.325 e. The highest BCUT2D eigenvalue weighted by atomic mass is 35.5.